The van der Waals surface area contributed by atoms with Crippen LogP contribution in [0.5, 0.6) is 0 Å². The Labute approximate surface area is 128 Å². The molecule has 2 aliphatic heterocycles. The second kappa shape index (κ2) is 7.56. The van der Waals surface area contributed by atoms with E-state index in [0.29, 0.717) is 6.54 Å². The number of ether oxygens (including phenoxy) is 1. The lowest BCUT2D eigenvalue weighted by Crippen LogP contribution is -2.50. The first kappa shape index (κ1) is 16.7. The number of aliphatic hydroxyl groups is 1. The molecule has 0 saturated carbocycles. The molecule has 0 bridgehead atoms. The average molecular weight is 298 g/mol. The smallest absolute Gasteiger partial charge is 0.224 e. The molecule has 2 heterocycles. The molecule has 1 atom stereocenters. The Morgan fingerprint density at radius 3 is 2.76 bits per heavy atom. The maximum absolute atomic E-state index is 11.9. The molecular weight excluding hydrogens is 268 g/mol. The number of carbonyl (C=O) groups is 1. The van der Waals surface area contributed by atoms with Gasteiger partial charge >= 0.3 is 0 Å². The van der Waals surface area contributed by atoms with E-state index in [9.17, 15) is 9.90 Å². The van der Waals surface area contributed by atoms with Crippen LogP contribution in [0.3, 0.4) is 0 Å². The van der Waals surface area contributed by atoms with Crippen molar-refractivity contribution in [1.29, 1.82) is 0 Å². The first-order chi connectivity index (χ1) is 9.98. The van der Waals surface area contributed by atoms with Crippen molar-refractivity contribution in [2.24, 2.45) is 5.92 Å². The lowest BCUT2D eigenvalue weighted by atomic mass is 9.88. The summed E-state index contributed by atoms with van der Waals surface area (Å²) in [6.07, 6.45) is 5.47. The van der Waals surface area contributed by atoms with E-state index in [2.05, 4.69) is 4.90 Å². The molecule has 1 amide bonds. The first-order valence-corrected chi connectivity index (χ1v) is 8.21. The number of piperidine rings is 1. The molecule has 2 aliphatic rings. The van der Waals surface area contributed by atoms with Crippen molar-refractivity contribution in [3.8, 4) is 0 Å². The Hall–Kier alpha value is -0.650. The molecule has 2 rings (SSSR count). The zero-order valence-electron chi connectivity index (χ0n) is 13.5. The lowest BCUT2D eigenvalue weighted by Gasteiger charge is -2.40. The van der Waals surface area contributed by atoms with Crippen LogP contribution in [0.25, 0.3) is 0 Å². The zero-order valence-corrected chi connectivity index (χ0v) is 13.5. The van der Waals surface area contributed by atoms with Crippen LogP contribution >= 0.6 is 0 Å². The Morgan fingerprint density at radius 2 is 2.10 bits per heavy atom. The number of nitrogens with zero attached hydrogens (tertiary/aromatic N) is 2. The molecule has 2 saturated heterocycles. The van der Waals surface area contributed by atoms with Gasteiger partial charge in [0.2, 0.25) is 5.91 Å². The van der Waals surface area contributed by atoms with E-state index in [1.807, 2.05) is 0 Å². The summed E-state index contributed by atoms with van der Waals surface area (Å²) < 4.78 is 5.40. The van der Waals surface area contributed by atoms with Crippen molar-refractivity contribution < 1.29 is 14.6 Å². The van der Waals surface area contributed by atoms with Crippen LogP contribution in [0, 0.1) is 5.92 Å². The Morgan fingerprint density at radius 1 is 1.38 bits per heavy atom. The van der Waals surface area contributed by atoms with E-state index in [1.165, 1.54) is 6.42 Å². The summed E-state index contributed by atoms with van der Waals surface area (Å²) in [6.45, 7) is 4.50. The molecule has 0 aromatic carbocycles. The quantitative estimate of drug-likeness (QED) is 0.826. The minimum Gasteiger partial charge on any atom is -0.388 e. The van der Waals surface area contributed by atoms with Gasteiger partial charge in [0.05, 0.1) is 12.0 Å². The van der Waals surface area contributed by atoms with Gasteiger partial charge in [-0.3, -0.25) is 4.79 Å². The molecule has 5 nitrogen and oxygen atoms in total. The van der Waals surface area contributed by atoms with Crippen molar-refractivity contribution in [3.05, 3.63) is 0 Å². The summed E-state index contributed by atoms with van der Waals surface area (Å²) in [7, 11) is 3.49. The van der Waals surface area contributed by atoms with Crippen LogP contribution < -0.4 is 0 Å². The molecule has 21 heavy (non-hydrogen) atoms. The number of hydrogen-bond donors (Lipinski definition) is 1. The molecule has 1 N–H and O–H groups in total. The van der Waals surface area contributed by atoms with Gasteiger partial charge in [-0.25, -0.2) is 0 Å². The van der Waals surface area contributed by atoms with Crippen molar-refractivity contribution in [2.45, 2.75) is 44.1 Å². The number of hydrogen-bond acceptors (Lipinski definition) is 4. The molecule has 0 spiro atoms. The van der Waals surface area contributed by atoms with Gasteiger partial charge in [-0.15, -0.1) is 0 Å². The number of amides is 1. The van der Waals surface area contributed by atoms with Crippen molar-refractivity contribution in [3.63, 3.8) is 0 Å². The third kappa shape index (κ3) is 5.24. The molecular formula is C16H30N2O3. The summed E-state index contributed by atoms with van der Waals surface area (Å²) in [6, 6.07) is 0. The van der Waals surface area contributed by atoms with Gasteiger partial charge in [0, 0.05) is 33.9 Å². The van der Waals surface area contributed by atoms with Crippen molar-refractivity contribution >= 4 is 5.91 Å². The summed E-state index contributed by atoms with van der Waals surface area (Å²) in [5.74, 6) is 0.779. The number of β-amino-alcohol motifs (C(OH)–C–C–N with tert-alkyl or cyclic N) is 1. The van der Waals surface area contributed by atoms with E-state index in [1.54, 1.807) is 19.0 Å². The van der Waals surface area contributed by atoms with Gasteiger partial charge in [-0.05, 0) is 51.1 Å². The van der Waals surface area contributed by atoms with Crippen LogP contribution in [-0.2, 0) is 9.53 Å². The van der Waals surface area contributed by atoms with E-state index in [0.717, 1.165) is 57.9 Å². The van der Waals surface area contributed by atoms with E-state index >= 15 is 0 Å². The molecule has 0 aromatic heterocycles. The third-order valence-corrected chi connectivity index (χ3v) is 4.81. The molecule has 0 radical (unpaired) electrons. The molecule has 2 fully saturated rings. The van der Waals surface area contributed by atoms with Crippen molar-refractivity contribution in [2.75, 3.05) is 46.9 Å². The predicted molar refractivity (Wildman–Crippen MR) is 82.1 cm³/mol. The second-order valence-electron chi connectivity index (χ2n) is 6.91. The topological polar surface area (TPSA) is 53.0 Å². The van der Waals surface area contributed by atoms with E-state index in [4.69, 9.17) is 4.74 Å². The number of carbonyl (C=O) groups excluding carboxylic acids is 1. The standard InChI is InChI=1S/C16H30N2O3/c1-17(2)15(19)12-16(20)7-3-8-18(13-16)9-4-14-5-10-21-11-6-14/h14,20H,3-13H2,1-2H3. The van der Waals surface area contributed by atoms with Crippen LogP contribution in [-0.4, -0.2) is 73.4 Å². The molecule has 5 heteroatoms. The third-order valence-electron chi connectivity index (χ3n) is 4.81. The zero-order chi connectivity index (χ0) is 15.3. The maximum atomic E-state index is 11.9. The van der Waals surface area contributed by atoms with E-state index in [-0.39, 0.29) is 12.3 Å². The molecule has 1 unspecified atom stereocenters. The summed E-state index contributed by atoms with van der Waals surface area (Å²) >= 11 is 0. The first-order valence-electron chi connectivity index (χ1n) is 8.21. The predicted octanol–water partition coefficient (Wildman–Crippen LogP) is 1.11. The minimum absolute atomic E-state index is 0.0174. The highest BCUT2D eigenvalue weighted by Crippen LogP contribution is 2.26. The number of likely N-dealkylation sites (tertiary alicyclic amines) is 1. The van der Waals surface area contributed by atoms with Gasteiger partial charge in [-0.1, -0.05) is 0 Å². The number of rotatable bonds is 5. The van der Waals surface area contributed by atoms with Gasteiger partial charge in [0.1, 0.15) is 0 Å². The summed E-state index contributed by atoms with van der Waals surface area (Å²) in [4.78, 5) is 15.8. The normalized spacial score (nSPS) is 28.5. The second-order valence-corrected chi connectivity index (χ2v) is 6.91. The summed E-state index contributed by atoms with van der Waals surface area (Å²) in [5, 5.41) is 10.7. The Kier molecular flexibility index (Phi) is 6.02. The average Bonchev–Trinajstić information content (AvgIpc) is 2.46. The fourth-order valence-corrected chi connectivity index (χ4v) is 3.38. The maximum Gasteiger partial charge on any atom is 0.224 e. The monoisotopic (exact) mass is 298 g/mol. The molecule has 0 aromatic rings. The SMILES string of the molecule is CN(C)C(=O)CC1(O)CCCN(CCC2CCOCC2)C1. The highest BCUT2D eigenvalue weighted by atomic mass is 16.5. The molecule has 122 valence electrons. The minimum atomic E-state index is -0.838. The Balaban J connectivity index is 1.78. The molecule has 0 aliphatic carbocycles. The van der Waals surface area contributed by atoms with Crippen LogP contribution in [0.1, 0.15) is 38.5 Å². The van der Waals surface area contributed by atoms with Crippen LogP contribution in [0.2, 0.25) is 0 Å². The Bertz CT molecular complexity index is 342. The fraction of sp³-hybridized carbons (Fsp3) is 0.938. The highest BCUT2D eigenvalue weighted by Gasteiger charge is 2.35. The van der Waals surface area contributed by atoms with Gasteiger partial charge < -0.3 is 19.6 Å². The van der Waals surface area contributed by atoms with Gasteiger partial charge in [0.15, 0.2) is 0 Å². The highest BCUT2D eigenvalue weighted by molar-refractivity contribution is 5.76. The van der Waals surface area contributed by atoms with Gasteiger partial charge in [-0.2, -0.15) is 0 Å². The van der Waals surface area contributed by atoms with Gasteiger partial charge in [0.25, 0.3) is 0 Å². The lowest BCUT2D eigenvalue weighted by molar-refractivity contribution is -0.136. The van der Waals surface area contributed by atoms with Crippen LogP contribution in [0.15, 0.2) is 0 Å². The van der Waals surface area contributed by atoms with Crippen LogP contribution in [0.4, 0.5) is 0 Å². The largest absolute Gasteiger partial charge is 0.388 e. The fourth-order valence-electron chi connectivity index (χ4n) is 3.38. The van der Waals surface area contributed by atoms with Crippen molar-refractivity contribution in [1.82, 2.24) is 9.80 Å². The van der Waals surface area contributed by atoms with E-state index < -0.39 is 5.60 Å². The summed E-state index contributed by atoms with van der Waals surface area (Å²) in [5.41, 5.74) is -0.838.